The molecule has 0 radical (unpaired) electrons. The fourth-order valence-electron chi connectivity index (χ4n) is 2.64. The number of carbonyl (C=O) groups is 2. The van der Waals surface area contributed by atoms with Gasteiger partial charge in [-0.3, -0.25) is 9.59 Å². The number of rotatable bonds is 11. The molecular formula is C19H30BNO6. The van der Waals surface area contributed by atoms with Gasteiger partial charge in [0.05, 0.1) is 18.0 Å². The van der Waals surface area contributed by atoms with Crippen molar-refractivity contribution in [2.45, 2.75) is 52.6 Å². The number of carbonyl (C=O) groups excluding carboxylic acids is 2. The highest BCUT2D eigenvalue weighted by Crippen LogP contribution is 2.15. The van der Waals surface area contributed by atoms with Crippen molar-refractivity contribution in [3.63, 3.8) is 0 Å². The quantitative estimate of drug-likeness (QED) is 0.424. The molecule has 0 aliphatic carbocycles. The molecule has 150 valence electrons. The van der Waals surface area contributed by atoms with Gasteiger partial charge in [0.25, 0.3) is 0 Å². The number of aryl methyl sites for hydroxylation is 1. The first-order valence-electron chi connectivity index (χ1n) is 9.15. The second-order valence-corrected chi connectivity index (χ2v) is 7.35. The Morgan fingerprint density at radius 3 is 2.22 bits per heavy atom. The number of aliphatic hydroxyl groups is 1. The fraction of sp³-hybridized carbons (Fsp3) is 0.579. The number of hydrogen-bond donors (Lipinski definition) is 4. The first-order valence-corrected chi connectivity index (χ1v) is 9.15. The zero-order chi connectivity index (χ0) is 20.6. The lowest BCUT2D eigenvalue weighted by Crippen LogP contribution is -2.50. The van der Waals surface area contributed by atoms with Crippen LogP contribution in [0.25, 0.3) is 0 Å². The molecule has 0 aromatic heterocycles. The Labute approximate surface area is 160 Å². The van der Waals surface area contributed by atoms with Crippen molar-refractivity contribution in [3.8, 4) is 5.75 Å². The van der Waals surface area contributed by atoms with E-state index in [4.69, 9.17) is 4.74 Å². The zero-order valence-corrected chi connectivity index (χ0v) is 16.4. The lowest BCUT2D eigenvalue weighted by Gasteiger charge is -2.24. The fourth-order valence-corrected chi connectivity index (χ4v) is 2.64. The Bertz CT molecular complexity index is 603. The third-order valence-corrected chi connectivity index (χ3v) is 4.20. The minimum atomic E-state index is -1.72. The summed E-state index contributed by atoms with van der Waals surface area (Å²) in [5.41, 5.74) is 1.07. The summed E-state index contributed by atoms with van der Waals surface area (Å²) < 4.78 is 5.41. The maximum Gasteiger partial charge on any atom is 0.475 e. The van der Waals surface area contributed by atoms with Gasteiger partial charge in [0.15, 0.2) is 5.78 Å². The molecule has 0 heterocycles. The number of hydrogen-bond acceptors (Lipinski definition) is 6. The van der Waals surface area contributed by atoms with Crippen molar-refractivity contribution in [1.29, 1.82) is 0 Å². The topological polar surface area (TPSA) is 116 Å². The highest BCUT2D eigenvalue weighted by Gasteiger charge is 2.32. The van der Waals surface area contributed by atoms with E-state index in [-0.39, 0.29) is 24.7 Å². The lowest BCUT2D eigenvalue weighted by atomic mass is 9.74. The third-order valence-electron chi connectivity index (χ3n) is 4.20. The smallest absolute Gasteiger partial charge is 0.475 e. The van der Waals surface area contributed by atoms with Crippen molar-refractivity contribution in [2.24, 2.45) is 11.8 Å². The van der Waals surface area contributed by atoms with E-state index in [0.29, 0.717) is 12.2 Å². The molecule has 1 rings (SSSR count). The van der Waals surface area contributed by atoms with Gasteiger partial charge >= 0.3 is 7.12 Å². The average Bonchev–Trinajstić information content (AvgIpc) is 2.57. The maximum absolute atomic E-state index is 12.4. The molecule has 0 saturated carbocycles. The molecule has 7 nitrogen and oxygen atoms in total. The molecular weight excluding hydrogens is 349 g/mol. The van der Waals surface area contributed by atoms with Gasteiger partial charge in [-0.2, -0.15) is 0 Å². The number of ketones is 1. The molecule has 0 saturated heterocycles. The van der Waals surface area contributed by atoms with Crippen LogP contribution in [0.4, 0.5) is 0 Å². The molecule has 1 aromatic carbocycles. The van der Waals surface area contributed by atoms with E-state index >= 15 is 0 Å². The SMILES string of the molecule is Cc1ccc(OCC(=O)C[C@H](C(=O)N[C@@H](CC(C)C)B(O)O)[C@@H](C)O)cc1. The standard InChI is InChI=1S/C19H30BNO6/c1-12(2)9-18(20(25)26)21-19(24)17(14(4)22)10-15(23)11-27-16-7-5-13(3)6-8-16/h5-8,12,14,17-18,22,25-26H,9-11H2,1-4H3,(H,21,24)/t14-,17+,18+/m1/s1. The first-order chi connectivity index (χ1) is 12.6. The summed E-state index contributed by atoms with van der Waals surface area (Å²) >= 11 is 0. The molecule has 0 aliphatic rings. The van der Waals surface area contributed by atoms with Crippen LogP contribution in [-0.2, 0) is 9.59 Å². The molecule has 0 fully saturated rings. The third kappa shape index (κ3) is 8.56. The normalized spacial score (nSPS) is 14.4. The van der Waals surface area contributed by atoms with Crippen molar-refractivity contribution < 1.29 is 29.5 Å². The van der Waals surface area contributed by atoms with Crippen molar-refractivity contribution in [2.75, 3.05) is 6.61 Å². The van der Waals surface area contributed by atoms with Crippen LogP contribution in [0.15, 0.2) is 24.3 Å². The second kappa shape index (κ2) is 11.1. The molecule has 0 spiro atoms. The van der Waals surface area contributed by atoms with Gasteiger partial charge in [0, 0.05) is 6.42 Å². The zero-order valence-electron chi connectivity index (χ0n) is 16.4. The molecule has 8 heteroatoms. The Hall–Kier alpha value is -1.90. The monoisotopic (exact) mass is 379 g/mol. The number of benzene rings is 1. The van der Waals surface area contributed by atoms with E-state index in [0.717, 1.165) is 5.56 Å². The summed E-state index contributed by atoms with van der Waals surface area (Å²) in [4.78, 5) is 24.6. The van der Waals surface area contributed by atoms with Crippen LogP contribution in [0.2, 0.25) is 0 Å². The minimum absolute atomic E-state index is 0.131. The van der Waals surface area contributed by atoms with E-state index in [2.05, 4.69) is 5.32 Å². The number of Topliss-reactive ketones (excluding diaryl/α,β-unsaturated/α-hetero) is 1. The minimum Gasteiger partial charge on any atom is -0.486 e. The second-order valence-electron chi connectivity index (χ2n) is 7.35. The lowest BCUT2D eigenvalue weighted by molar-refractivity contribution is -0.133. The van der Waals surface area contributed by atoms with Crippen molar-refractivity contribution in [3.05, 3.63) is 29.8 Å². The molecule has 1 amide bonds. The van der Waals surface area contributed by atoms with Gasteiger partial charge in [0.1, 0.15) is 12.4 Å². The van der Waals surface area contributed by atoms with E-state index in [9.17, 15) is 24.7 Å². The van der Waals surface area contributed by atoms with E-state index in [1.54, 1.807) is 12.1 Å². The van der Waals surface area contributed by atoms with Gasteiger partial charge in [-0.25, -0.2) is 0 Å². The summed E-state index contributed by atoms with van der Waals surface area (Å²) in [7, 11) is -1.72. The highest BCUT2D eigenvalue weighted by molar-refractivity contribution is 6.43. The summed E-state index contributed by atoms with van der Waals surface area (Å²) in [5.74, 6) is -2.10. The number of aliphatic hydroxyl groups excluding tert-OH is 1. The Kier molecular flexibility index (Phi) is 9.48. The van der Waals surface area contributed by atoms with Crippen molar-refractivity contribution >= 4 is 18.8 Å². The number of nitrogens with one attached hydrogen (secondary N) is 1. The van der Waals surface area contributed by atoms with Crippen LogP contribution in [0.5, 0.6) is 5.75 Å². The molecule has 4 N–H and O–H groups in total. The van der Waals surface area contributed by atoms with Crippen LogP contribution in [-0.4, -0.2) is 52.6 Å². The summed E-state index contributed by atoms with van der Waals surface area (Å²) in [6, 6.07) is 7.23. The van der Waals surface area contributed by atoms with Gasteiger partial charge < -0.3 is 25.2 Å². The maximum atomic E-state index is 12.4. The van der Waals surface area contributed by atoms with Crippen LogP contribution >= 0.6 is 0 Å². The van der Waals surface area contributed by atoms with Crippen LogP contribution in [0.1, 0.15) is 39.2 Å². The van der Waals surface area contributed by atoms with E-state index in [1.165, 1.54) is 6.92 Å². The van der Waals surface area contributed by atoms with Gasteiger partial charge in [-0.15, -0.1) is 0 Å². The molecule has 0 unspecified atom stereocenters. The van der Waals surface area contributed by atoms with Gasteiger partial charge in [0.2, 0.25) is 5.91 Å². The number of ether oxygens (including phenoxy) is 1. The molecule has 0 aliphatic heterocycles. The predicted molar refractivity (Wildman–Crippen MR) is 103 cm³/mol. The first kappa shape index (κ1) is 23.1. The van der Waals surface area contributed by atoms with Gasteiger partial charge in [-0.05, 0) is 38.3 Å². The predicted octanol–water partition coefficient (Wildman–Crippen LogP) is 0.873. The highest BCUT2D eigenvalue weighted by atomic mass is 16.5. The molecule has 3 atom stereocenters. The largest absolute Gasteiger partial charge is 0.486 e. The van der Waals surface area contributed by atoms with E-state index < -0.39 is 31.0 Å². The Morgan fingerprint density at radius 1 is 1.15 bits per heavy atom. The van der Waals surface area contributed by atoms with Crippen molar-refractivity contribution in [1.82, 2.24) is 5.32 Å². The average molecular weight is 379 g/mol. The summed E-state index contributed by atoms with van der Waals surface area (Å²) in [6.45, 7) is 6.93. The van der Waals surface area contributed by atoms with Crippen LogP contribution < -0.4 is 10.1 Å². The van der Waals surface area contributed by atoms with Gasteiger partial charge in [-0.1, -0.05) is 31.5 Å². The Morgan fingerprint density at radius 2 is 1.74 bits per heavy atom. The molecule has 0 bridgehead atoms. The Balaban J connectivity index is 2.64. The van der Waals surface area contributed by atoms with Crippen LogP contribution in [0.3, 0.4) is 0 Å². The van der Waals surface area contributed by atoms with Crippen LogP contribution in [0, 0.1) is 18.8 Å². The summed E-state index contributed by atoms with van der Waals surface area (Å²) in [6.07, 6.45) is -0.907. The summed E-state index contributed by atoms with van der Waals surface area (Å²) in [5, 5.41) is 31.3. The molecule has 1 aromatic rings. The number of amides is 1. The van der Waals surface area contributed by atoms with E-state index in [1.807, 2.05) is 32.9 Å². The molecule has 27 heavy (non-hydrogen) atoms.